The van der Waals surface area contributed by atoms with Gasteiger partial charge in [0.25, 0.3) is 0 Å². The summed E-state index contributed by atoms with van der Waals surface area (Å²) in [7, 11) is 0. The van der Waals surface area contributed by atoms with Gasteiger partial charge in [0.15, 0.2) is 0 Å². The predicted molar refractivity (Wildman–Crippen MR) is 63.2 cm³/mol. The fraction of sp³-hybridized carbons (Fsp3) is 0.769. The largest absolute Gasteiger partial charge is 1.00 e. The van der Waals surface area contributed by atoms with Crippen LogP contribution in [0.25, 0.3) is 0 Å². The molecule has 1 nitrogen and oxygen atoms in total. The van der Waals surface area contributed by atoms with E-state index < -0.39 is 0 Å². The first-order chi connectivity index (χ1) is 6.79. The molecule has 0 bridgehead atoms. The zero-order chi connectivity index (χ0) is 10.4. The van der Waals surface area contributed by atoms with Gasteiger partial charge in [0.2, 0.25) is 0 Å². The first-order valence-electron chi connectivity index (χ1n) is 6.05. The van der Waals surface area contributed by atoms with E-state index in [4.69, 9.17) is 0 Å². The SMILES string of the molecule is CCCCN(CCCC)C1[CH-]C=C1C.[Li+]. The third-order valence-electron chi connectivity index (χ3n) is 3.00. The normalized spacial score (nSPS) is 18.9. The third-order valence-corrected chi connectivity index (χ3v) is 3.00. The Labute approximate surface area is 107 Å². The third kappa shape index (κ3) is 4.68. The molecule has 0 amide bonds. The summed E-state index contributed by atoms with van der Waals surface area (Å²) < 4.78 is 0. The Morgan fingerprint density at radius 3 is 2.00 bits per heavy atom. The van der Waals surface area contributed by atoms with Gasteiger partial charge in [-0.3, -0.25) is 0 Å². The molecule has 0 N–H and O–H groups in total. The van der Waals surface area contributed by atoms with E-state index in [0.717, 1.165) is 0 Å². The van der Waals surface area contributed by atoms with Crippen LogP contribution in [0.3, 0.4) is 0 Å². The molecule has 0 aromatic heterocycles. The number of nitrogens with zero attached hydrogens (tertiary/aromatic N) is 1. The minimum Gasteiger partial charge on any atom is -0.325 e. The molecule has 1 aliphatic carbocycles. The number of hydrogen-bond donors (Lipinski definition) is 0. The predicted octanol–water partition coefficient (Wildman–Crippen LogP) is 0.425. The summed E-state index contributed by atoms with van der Waals surface area (Å²) in [5.74, 6) is 0. The fourth-order valence-corrected chi connectivity index (χ4v) is 1.90. The van der Waals surface area contributed by atoms with Crippen LogP contribution in [0.15, 0.2) is 11.6 Å². The quantitative estimate of drug-likeness (QED) is 0.426. The summed E-state index contributed by atoms with van der Waals surface area (Å²) in [6, 6.07) is 0.660. The Morgan fingerprint density at radius 2 is 1.73 bits per heavy atom. The molecule has 15 heavy (non-hydrogen) atoms. The first-order valence-corrected chi connectivity index (χ1v) is 6.05. The van der Waals surface area contributed by atoms with Crippen LogP contribution in [-0.2, 0) is 0 Å². The van der Waals surface area contributed by atoms with E-state index in [0.29, 0.717) is 6.04 Å². The van der Waals surface area contributed by atoms with Gasteiger partial charge >= 0.3 is 18.9 Å². The van der Waals surface area contributed by atoms with Gasteiger partial charge in [-0.15, -0.1) is 6.92 Å². The molecule has 0 saturated heterocycles. The van der Waals surface area contributed by atoms with Crippen molar-refractivity contribution < 1.29 is 18.9 Å². The molecule has 0 aromatic rings. The minimum atomic E-state index is 0. The molecule has 82 valence electrons. The Bertz CT molecular complexity index is 181. The molecular formula is C13H24LiN. The van der Waals surface area contributed by atoms with Gasteiger partial charge in [-0.25, -0.2) is 18.1 Å². The van der Waals surface area contributed by atoms with Crippen molar-refractivity contribution in [3.8, 4) is 0 Å². The van der Waals surface area contributed by atoms with Crippen LogP contribution < -0.4 is 18.9 Å². The number of unbranched alkanes of at least 4 members (excludes halogenated alkanes) is 2. The number of rotatable bonds is 7. The molecule has 0 aromatic carbocycles. The molecular weight excluding hydrogens is 177 g/mol. The van der Waals surface area contributed by atoms with Gasteiger partial charge in [-0.05, 0) is 25.9 Å². The Morgan fingerprint density at radius 1 is 1.20 bits per heavy atom. The summed E-state index contributed by atoms with van der Waals surface area (Å²) >= 11 is 0. The van der Waals surface area contributed by atoms with Crippen molar-refractivity contribution in [3.63, 3.8) is 0 Å². The average Bonchev–Trinajstić information content (AvgIpc) is 2.19. The minimum absolute atomic E-state index is 0. The second-order valence-corrected chi connectivity index (χ2v) is 4.29. The van der Waals surface area contributed by atoms with Crippen LogP contribution in [0.5, 0.6) is 0 Å². The standard InChI is InChI=1S/C13H24N.Li/c1-4-6-10-14(11-7-5-2)13-9-8-12(13)3;/h8-9,13H,4-7,10-11H2,1-3H3;/q-1;+1. The van der Waals surface area contributed by atoms with E-state index >= 15 is 0 Å². The van der Waals surface area contributed by atoms with Crippen molar-refractivity contribution in [2.45, 2.75) is 52.5 Å². The molecule has 2 heteroatoms. The van der Waals surface area contributed by atoms with Crippen LogP contribution in [0.4, 0.5) is 0 Å². The zero-order valence-electron chi connectivity index (χ0n) is 10.9. The molecule has 1 aliphatic rings. The maximum absolute atomic E-state index is 2.63. The van der Waals surface area contributed by atoms with Crippen molar-refractivity contribution in [2.75, 3.05) is 13.1 Å². The van der Waals surface area contributed by atoms with E-state index in [9.17, 15) is 0 Å². The van der Waals surface area contributed by atoms with E-state index in [1.165, 1.54) is 44.3 Å². The van der Waals surface area contributed by atoms with Gasteiger partial charge in [-0.2, -0.15) is 0 Å². The molecule has 0 spiro atoms. The fourth-order valence-electron chi connectivity index (χ4n) is 1.90. The molecule has 0 radical (unpaired) electrons. The smallest absolute Gasteiger partial charge is 0.325 e. The topological polar surface area (TPSA) is 3.24 Å². The maximum Gasteiger partial charge on any atom is 1.00 e. The summed E-state index contributed by atoms with van der Waals surface area (Å²) in [5.41, 5.74) is 1.54. The Hall–Kier alpha value is 0.167. The van der Waals surface area contributed by atoms with Crippen molar-refractivity contribution in [3.05, 3.63) is 18.1 Å². The van der Waals surface area contributed by atoms with Gasteiger partial charge in [0, 0.05) is 0 Å². The van der Waals surface area contributed by atoms with Gasteiger partial charge in [0.05, 0.1) is 0 Å². The first kappa shape index (κ1) is 15.2. The van der Waals surface area contributed by atoms with Gasteiger partial charge in [-0.1, -0.05) is 32.7 Å². The van der Waals surface area contributed by atoms with Crippen LogP contribution >= 0.6 is 0 Å². The molecule has 0 saturated carbocycles. The molecule has 1 atom stereocenters. The summed E-state index contributed by atoms with van der Waals surface area (Å²) in [5, 5.41) is 0. The summed E-state index contributed by atoms with van der Waals surface area (Å²) in [4.78, 5) is 2.63. The van der Waals surface area contributed by atoms with E-state index in [1.54, 1.807) is 0 Å². The summed E-state index contributed by atoms with van der Waals surface area (Å²) in [6.45, 7) is 9.32. The van der Waals surface area contributed by atoms with Crippen molar-refractivity contribution in [2.24, 2.45) is 0 Å². The van der Waals surface area contributed by atoms with Gasteiger partial charge < -0.3 is 4.90 Å². The van der Waals surface area contributed by atoms with E-state index in [2.05, 4.69) is 38.2 Å². The van der Waals surface area contributed by atoms with Crippen LogP contribution in [0.2, 0.25) is 0 Å². The second kappa shape index (κ2) is 8.33. The maximum atomic E-state index is 2.63. The van der Waals surface area contributed by atoms with Crippen LogP contribution in [0, 0.1) is 6.42 Å². The monoisotopic (exact) mass is 201 g/mol. The van der Waals surface area contributed by atoms with E-state index in [1.807, 2.05) is 0 Å². The average molecular weight is 201 g/mol. The summed E-state index contributed by atoms with van der Waals surface area (Å²) in [6.07, 6.45) is 9.86. The number of hydrogen-bond acceptors (Lipinski definition) is 1. The van der Waals surface area contributed by atoms with Crippen molar-refractivity contribution in [1.82, 2.24) is 4.90 Å². The Kier molecular flexibility index (Phi) is 8.43. The van der Waals surface area contributed by atoms with Crippen LogP contribution in [0.1, 0.15) is 46.5 Å². The van der Waals surface area contributed by atoms with Crippen LogP contribution in [-0.4, -0.2) is 24.0 Å². The molecule has 1 rings (SSSR count). The van der Waals surface area contributed by atoms with Crippen molar-refractivity contribution >= 4 is 0 Å². The zero-order valence-corrected chi connectivity index (χ0v) is 10.9. The molecule has 1 unspecified atom stereocenters. The Balaban J connectivity index is 0.00000196. The van der Waals surface area contributed by atoms with Crippen molar-refractivity contribution in [1.29, 1.82) is 0 Å². The van der Waals surface area contributed by atoms with Gasteiger partial charge in [0.1, 0.15) is 0 Å². The molecule has 0 heterocycles. The van der Waals surface area contributed by atoms with E-state index in [-0.39, 0.29) is 18.9 Å². The second-order valence-electron chi connectivity index (χ2n) is 4.29. The molecule has 0 fully saturated rings. The molecule has 0 aliphatic heterocycles.